The molecule has 0 unspecified atom stereocenters. The van der Waals surface area contributed by atoms with Gasteiger partial charge < -0.3 is 14.2 Å². The molecule has 0 radical (unpaired) electrons. The van der Waals surface area contributed by atoms with E-state index >= 15 is 0 Å². The second-order valence-corrected chi connectivity index (χ2v) is 9.55. The molecule has 3 heterocycles. The van der Waals surface area contributed by atoms with Crippen molar-refractivity contribution in [3.8, 4) is 22.1 Å². The van der Waals surface area contributed by atoms with E-state index in [2.05, 4.69) is 4.98 Å². The lowest BCUT2D eigenvalue weighted by Crippen LogP contribution is -2.47. The van der Waals surface area contributed by atoms with Crippen LogP contribution >= 0.6 is 23.1 Å². The summed E-state index contributed by atoms with van der Waals surface area (Å²) in [6, 6.07) is 13.1. The van der Waals surface area contributed by atoms with E-state index in [1.807, 2.05) is 41.8 Å². The minimum atomic E-state index is -1.03. The van der Waals surface area contributed by atoms with Gasteiger partial charge in [-0.2, -0.15) is 0 Å². The lowest BCUT2D eigenvalue weighted by Gasteiger charge is -2.28. The summed E-state index contributed by atoms with van der Waals surface area (Å²) < 4.78 is 16.4. The number of methoxy groups -OCH3 is 2. The van der Waals surface area contributed by atoms with Crippen LogP contribution in [0.15, 0.2) is 52.7 Å². The Bertz CT molecular complexity index is 1210. The van der Waals surface area contributed by atoms with Gasteiger partial charge in [-0.15, -0.1) is 11.3 Å². The molecule has 2 aliphatic heterocycles. The zero-order chi connectivity index (χ0) is 22.3. The highest BCUT2D eigenvalue weighted by Crippen LogP contribution is 2.56. The Balaban J connectivity index is 1.33. The Kier molecular flexibility index (Phi) is 5.30. The molecule has 0 saturated carbocycles. The molecule has 32 heavy (non-hydrogen) atoms. The smallest absolute Gasteiger partial charge is 0.343 e. The Labute approximate surface area is 193 Å². The van der Waals surface area contributed by atoms with Gasteiger partial charge in [0, 0.05) is 29.2 Å². The molecular formula is C23H20N2O5S2. The number of esters is 1. The fourth-order valence-corrected chi connectivity index (χ4v) is 6.24. The van der Waals surface area contributed by atoms with Crippen LogP contribution in [0.5, 0.6) is 11.5 Å². The fourth-order valence-electron chi connectivity index (χ4n) is 4.00. The maximum Gasteiger partial charge on any atom is 0.343 e. The third kappa shape index (κ3) is 3.32. The number of hydrogen-bond acceptors (Lipinski definition) is 8. The first-order chi connectivity index (χ1) is 15.6. The summed E-state index contributed by atoms with van der Waals surface area (Å²) in [5.74, 6) is 0.880. The molecule has 5 rings (SSSR count). The predicted octanol–water partition coefficient (Wildman–Crippen LogP) is 4.50. The van der Waals surface area contributed by atoms with Crippen LogP contribution in [0.3, 0.4) is 0 Å². The first-order valence-electron chi connectivity index (χ1n) is 10.0. The number of nitrogens with zero attached hydrogens (tertiary/aromatic N) is 2. The number of amides is 1. The zero-order valence-corrected chi connectivity index (χ0v) is 19.1. The number of carbonyl (C=O) groups excluding carboxylic acids is 2. The largest absolute Gasteiger partial charge is 0.497 e. The molecule has 2 aliphatic rings. The van der Waals surface area contributed by atoms with Crippen LogP contribution in [0.1, 0.15) is 18.5 Å². The first kappa shape index (κ1) is 20.8. The number of hydrogen-bond donors (Lipinski definition) is 0. The highest BCUT2D eigenvalue weighted by molar-refractivity contribution is 8.02. The first-order valence-corrected chi connectivity index (χ1v) is 11.7. The molecule has 1 atom stereocenters. The van der Waals surface area contributed by atoms with Gasteiger partial charge in [-0.1, -0.05) is 23.9 Å². The Hall–Kier alpha value is -3.04. The number of thiazole rings is 1. The average Bonchev–Trinajstić information content (AvgIpc) is 3.51. The van der Waals surface area contributed by atoms with Crippen LogP contribution in [-0.2, 0) is 20.9 Å². The van der Waals surface area contributed by atoms with Crippen molar-refractivity contribution in [2.24, 2.45) is 0 Å². The molecule has 1 aromatic heterocycles. The summed E-state index contributed by atoms with van der Waals surface area (Å²) in [5.41, 5.74) is 2.26. The Morgan fingerprint density at radius 3 is 2.84 bits per heavy atom. The maximum atomic E-state index is 13.2. The second kappa shape index (κ2) is 8.14. The van der Waals surface area contributed by atoms with E-state index < -0.39 is 10.8 Å². The number of benzene rings is 2. The molecule has 1 fully saturated rings. The SMILES string of the molecule is COc1ccc(-c2nc(COC(=O)[C@]34CCC(=O)N3c3ccccc3S4)cs2)c(OC)c1. The van der Waals surface area contributed by atoms with Gasteiger partial charge in [0.2, 0.25) is 5.91 Å². The van der Waals surface area contributed by atoms with Crippen LogP contribution in [-0.4, -0.2) is 36.0 Å². The predicted molar refractivity (Wildman–Crippen MR) is 122 cm³/mol. The molecule has 1 amide bonds. The number of para-hydroxylation sites is 1. The van der Waals surface area contributed by atoms with Crippen molar-refractivity contribution in [1.29, 1.82) is 0 Å². The third-order valence-corrected chi connectivity index (χ3v) is 7.91. The fraction of sp³-hybridized carbons (Fsp3) is 0.261. The van der Waals surface area contributed by atoms with E-state index in [9.17, 15) is 9.59 Å². The second-order valence-electron chi connectivity index (χ2n) is 7.37. The normalized spacial score (nSPS) is 18.9. The maximum absolute atomic E-state index is 13.2. The summed E-state index contributed by atoms with van der Waals surface area (Å²) in [4.78, 5) is 31.8. The molecular weight excluding hydrogens is 448 g/mol. The van der Waals surface area contributed by atoms with Crippen LogP contribution < -0.4 is 14.4 Å². The van der Waals surface area contributed by atoms with E-state index in [0.717, 1.165) is 21.2 Å². The number of aromatic nitrogens is 1. The van der Waals surface area contributed by atoms with Crippen molar-refractivity contribution >= 4 is 40.7 Å². The molecule has 0 spiro atoms. The van der Waals surface area contributed by atoms with Gasteiger partial charge in [0.1, 0.15) is 23.1 Å². The van der Waals surface area contributed by atoms with E-state index in [1.165, 1.54) is 23.1 Å². The molecule has 0 bridgehead atoms. The van der Waals surface area contributed by atoms with Gasteiger partial charge in [0.05, 0.1) is 31.2 Å². The number of carbonyl (C=O) groups is 2. The number of fused-ring (bicyclic) bond motifs is 3. The molecule has 164 valence electrons. The van der Waals surface area contributed by atoms with E-state index in [1.54, 1.807) is 25.2 Å². The molecule has 7 nitrogen and oxygen atoms in total. The standard InChI is InChI=1S/C23H20N2O5S2/c1-28-15-7-8-16(18(11-15)29-2)21-24-14(13-31-21)12-30-22(27)23-10-9-20(26)25(23)17-5-3-4-6-19(17)32-23/h3-8,11,13H,9-10,12H2,1-2H3/t23-/m1/s1. The average molecular weight is 469 g/mol. The van der Waals surface area contributed by atoms with Gasteiger partial charge in [-0.05, 0) is 24.3 Å². The summed E-state index contributed by atoms with van der Waals surface area (Å²) >= 11 is 2.84. The molecule has 9 heteroatoms. The lowest BCUT2D eigenvalue weighted by molar-refractivity contribution is -0.148. The molecule has 0 N–H and O–H groups in total. The van der Waals surface area contributed by atoms with Crippen LogP contribution in [0.2, 0.25) is 0 Å². The topological polar surface area (TPSA) is 78.0 Å². The van der Waals surface area contributed by atoms with Crippen molar-refractivity contribution in [3.63, 3.8) is 0 Å². The van der Waals surface area contributed by atoms with Crippen molar-refractivity contribution < 1.29 is 23.8 Å². The van der Waals surface area contributed by atoms with E-state index in [-0.39, 0.29) is 12.5 Å². The van der Waals surface area contributed by atoms with Crippen LogP contribution in [0.4, 0.5) is 5.69 Å². The van der Waals surface area contributed by atoms with Crippen molar-refractivity contribution in [2.45, 2.75) is 29.2 Å². The number of ether oxygens (including phenoxy) is 3. The molecule has 1 saturated heterocycles. The summed E-state index contributed by atoms with van der Waals surface area (Å²) in [6.07, 6.45) is 0.754. The van der Waals surface area contributed by atoms with Crippen LogP contribution in [0, 0.1) is 0 Å². The molecule has 3 aromatic rings. The van der Waals surface area contributed by atoms with Gasteiger partial charge in [-0.3, -0.25) is 9.69 Å². The monoisotopic (exact) mass is 468 g/mol. The van der Waals surface area contributed by atoms with Gasteiger partial charge >= 0.3 is 5.97 Å². The highest BCUT2D eigenvalue weighted by atomic mass is 32.2. The van der Waals surface area contributed by atoms with E-state index in [0.29, 0.717) is 30.0 Å². The molecule has 0 aliphatic carbocycles. The van der Waals surface area contributed by atoms with Gasteiger partial charge in [-0.25, -0.2) is 9.78 Å². The van der Waals surface area contributed by atoms with E-state index in [4.69, 9.17) is 14.2 Å². The lowest BCUT2D eigenvalue weighted by atomic mass is 10.2. The number of rotatable bonds is 6. The minimum absolute atomic E-state index is 0.0362. The zero-order valence-electron chi connectivity index (χ0n) is 17.5. The summed E-state index contributed by atoms with van der Waals surface area (Å²) in [6.45, 7) is 0.0362. The van der Waals surface area contributed by atoms with Crippen molar-refractivity contribution in [3.05, 3.63) is 53.5 Å². The Morgan fingerprint density at radius 2 is 2.03 bits per heavy atom. The number of anilines is 1. The van der Waals surface area contributed by atoms with Gasteiger partial charge in [0.15, 0.2) is 4.87 Å². The molecule has 2 aromatic carbocycles. The number of thioether (sulfide) groups is 1. The van der Waals surface area contributed by atoms with Crippen molar-refractivity contribution in [1.82, 2.24) is 4.98 Å². The summed E-state index contributed by atoms with van der Waals surface area (Å²) in [5, 5.41) is 2.62. The van der Waals surface area contributed by atoms with Crippen molar-refractivity contribution in [2.75, 3.05) is 19.1 Å². The highest BCUT2D eigenvalue weighted by Gasteiger charge is 2.58. The Morgan fingerprint density at radius 1 is 1.19 bits per heavy atom. The van der Waals surface area contributed by atoms with Crippen LogP contribution in [0.25, 0.3) is 10.6 Å². The third-order valence-electron chi connectivity index (χ3n) is 5.53. The quantitative estimate of drug-likeness (QED) is 0.493. The van der Waals surface area contributed by atoms with Gasteiger partial charge in [0.25, 0.3) is 0 Å². The summed E-state index contributed by atoms with van der Waals surface area (Å²) in [7, 11) is 3.20. The minimum Gasteiger partial charge on any atom is -0.497 e.